The van der Waals surface area contributed by atoms with Gasteiger partial charge in [0, 0.05) is 10.5 Å². The van der Waals surface area contributed by atoms with Crippen molar-refractivity contribution in [2.45, 2.75) is 0 Å². The number of furan rings is 1. The van der Waals surface area contributed by atoms with E-state index in [2.05, 4.69) is 15.9 Å². The molecule has 20 heavy (non-hydrogen) atoms. The Morgan fingerprint density at radius 2 is 1.90 bits per heavy atom. The summed E-state index contributed by atoms with van der Waals surface area (Å²) < 4.78 is 7.49. The lowest BCUT2D eigenvalue weighted by Crippen LogP contribution is -2.27. The first-order valence-electron chi connectivity index (χ1n) is 5.98. The van der Waals surface area contributed by atoms with E-state index >= 15 is 0 Å². The summed E-state index contributed by atoms with van der Waals surface area (Å²) in [6.07, 6.45) is 0. The largest absolute Gasteiger partial charge is 0.618 e. The van der Waals surface area contributed by atoms with Crippen LogP contribution in [-0.4, -0.2) is 0 Å². The van der Waals surface area contributed by atoms with E-state index in [1.54, 1.807) is 6.07 Å². The zero-order valence-corrected chi connectivity index (χ0v) is 12.4. The molecule has 2 heterocycles. The molecule has 0 fully saturated rings. The van der Waals surface area contributed by atoms with Gasteiger partial charge in [-0.2, -0.15) is 4.73 Å². The molecule has 0 N–H and O–H groups in total. The van der Waals surface area contributed by atoms with E-state index in [4.69, 9.17) is 16.0 Å². The Balaban J connectivity index is 2.36. The molecular formula is C15H7BrClNO2. The second-order valence-corrected chi connectivity index (χ2v) is 5.84. The van der Waals surface area contributed by atoms with Crippen molar-refractivity contribution in [3.8, 4) is 0 Å². The van der Waals surface area contributed by atoms with E-state index in [-0.39, 0.29) is 0 Å². The van der Waals surface area contributed by atoms with Crippen LogP contribution in [0.4, 0.5) is 0 Å². The summed E-state index contributed by atoms with van der Waals surface area (Å²) >= 11 is 9.81. The lowest BCUT2D eigenvalue weighted by Gasteiger charge is -2.05. The van der Waals surface area contributed by atoms with Crippen LogP contribution in [-0.2, 0) is 0 Å². The van der Waals surface area contributed by atoms with Crippen LogP contribution in [0, 0.1) is 5.21 Å². The van der Waals surface area contributed by atoms with Gasteiger partial charge in [0.05, 0.1) is 10.8 Å². The molecule has 98 valence electrons. The minimum atomic E-state index is 0.425. The highest BCUT2D eigenvalue weighted by atomic mass is 79.9. The van der Waals surface area contributed by atoms with Crippen LogP contribution in [0.3, 0.4) is 0 Å². The maximum Gasteiger partial charge on any atom is 0.272 e. The topological polar surface area (TPSA) is 40.1 Å². The highest BCUT2D eigenvalue weighted by Gasteiger charge is 2.22. The Kier molecular flexibility index (Phi) is 2.46. The van der Waals surface area contributed by atoms with Gasteiger partial charge in [-0.05, 0) is 24.3 Å². The molecule has 0 amide bonds. The van der Waals surface area contributed by atoms with Crippen molar-refractivity contribution in [2.24, 2.45) is 0 Å². The van der Waals surface area contributed by atoms with Crippen LogP contribution < -0.4 is 4.73 Å². The quantitative estimate of drug-likeness (QED) is 0.339. The minimum absolute atomic E-state index is 0.425. The number of nitrogens with zero attached hydrogens (tertiary/aromatic N) is 1. The molecule has 0 spiro atoms. The molecule has 3 nitrogen and oxygen atoms in total. The molecule has 0 aliphatic heterocycles. The highest BCUT2D eigenvalue weighted by molar-refractivity contribution is 9.10. The molecule has 2 aromatic carbocycles. The van der Waals surface area contributed by atoms with Crippen molar-refractivity contribution >= 4 is 60.5 Å². The second-order valence-electron chi connectivity index (χ2n) is 4.55. The van der Waals surface area contributed by atoms with Crippen LogP contribution in [0.15, 0.2) is 51.4 Å². The molecule has 0 saturated carbocycles. The maximum absolute atomic E-state index is 12.6. The zero-order chi connectivity index (χ0) is 13.9. The summed E-state index contributed by atoms with van der Waals surface area (Å²) in [6, 6.07) is 12.8. The number of halogens is 2. The molecular weight excluding hydrogens is 342 g/mol. The Morgan fingerprint density at radius 3 is 2.75 bits per heavy atom. The summed E-state index contributed by atoms with van der Waals surface area (Å²) in [4.78, 5) is 0. The summed E-state index contributed by atoms with van der Waals surface area (Å²) in [5.41, 5.74) is 2.08. The van der Waals surface area contributed by atoms with Gasteiger partial charge in [-0.1, -0.05) is 39.7 Å². The Morgan fingerprint density at radius 1 is 1.10 bits per heavy atom. The number of hydrogen-bond donors (Lipinski definition) is 0. The molecule has 5 heteroatoms. The molecule has 0 bridgehead atoms. The summed E-state index contributed by atoms with van der Waals surface area (Å²) in [7, 11) is 0. The van der Waals surface area contributed by atoms with E-state index in [9.17, 15) is 5.21 Å². The number of fused-ring (bicyclic) bond motifs is 4. The van der Waals surface area contributed by atoms with Gasteiger partial charge < -0.3 is 9.62 Å². The van der Waals surface area contributed by atoms with E-state index in [0.29, 0.717) is 32.6 Å². The molecule has 0 aliphatic carbocycles. The number of hydrogen-bond acceptors (Lipinski definition) is 2. The molecule has 0 aliphatic rings. The predicted octanol–water partition coefficient (Wildman–Crippen LogP) is 4.79. The molecule has 0 unspecified atom stereocenters. The van der Waals surface area contributed by atoms with E-state index in [0.717, 1.165) is 14.6 Å². The molecule has 0 saturated heterocycles. The lowest BCUT2D eigenvalue weighted by atomic mass is 10.1. The van der Waals surface area contributed by atoms with Crippen molar-refractivity contribution in [3.05, 3.63) is 57.2 Å². The molecule has 4 aromatic rings. The first kappa shape index (κ1) is 12.0. The fourth-order valence-corrected chi connectivity index (χ4v) is 3.13. The Hall–Kier alpha value is -1.78. The van der Waals surface area contributed by atoms with Crippen molar-refractivity contribution < 1.29 is 9.15 Å². The average molecular weight is 349 g/mol. The molecule has 4 rings (SSSR count). The smallest absolute Gasteiger partial charge is 0.272 e. The van der Waals surface area contributed by atoms with Crippen LogP contribution in [0.5, 0.6) is 0 Å². The van der Waals surface area contributed by atoms with Crippen LogP contribution >= 0.6 is 27.5 Å². The number of aromatic nitrogens is 1. The van der Waals surface area contributed by atoms with E-state index in [1.165, 1.54) is 0 Å². The normalized spacial score (nSPS) is 11.7. The average Bonchev–Trinajstić information content (AvgIpc) is 2.84. The first-order chi connectivity index (χ1) is 9.66. The second kappa shape index (κ2) is 4.11. The van der Waals surface area contributed by atoms with Crippen LogP contribution in [0.25, 0.3) is 33.0 Å². The van der Waals surface area contributed by atoms with Gasteiger partial charge in [-0.15, -0.1) is 0 Å². The van der Waals surface area contributed by atoms with Gasteiger partial charge in [-0.25, -0.2) is 0 Å². The molecule has 0 atom stereocenters. The zero-order valence-electron chi connectivity index (χ0n) is 10.1. The van der Waals surface area contributed by atoms with Gasteiger partial charge in [-0.3, -0.25) is 0 Å². The summed E-state index contributed by atoms with van der Waals surface area (Å²) in [5, 5.41) is 14.5. The first-order valence-corrected chi connectivity index (χ1v) is 7.15. The van der Waals surface area contributed by atoms with E-state index in [1.807, 2.05) is 36.4 Å². The summed E-state index contributed by atoms with van der Waals surface area (Å²) in [6.45, 7) is 0. The van der Waals surface area contributed by atoms with Gasteiger partial charge in [0.2, 0.25) is 11.1 Å². The highest BCUT2D eigenvalue weighted by Crippen LogP contribution is 2.36. The van der Waals surface area contributed by atoms with Gasteiger partial charge in [0.25, 0.3) is 5.52 Å². The maximum atomic E-state index is 12.6. The van der Waals surface area contributed by atoms with E-state index < -0.39 is 0 Å². The fourth-order valence-electron chi connectivity index (χ4n) is 2.49. The monoisotopic (exact) mass is 347 g/mol. The number of para-hydroxylation sites is 1. The predicted molar refractivity (Wildman–Crippen MR) is 82.9 cm³/mol. The van der Waals surface area contributed by atoms with Crippen molar-refractivity contribution in [1.82, 2.24) is 0 Å². The Bertz CT molecular complexity index is 994. The van der Waals surface area contributed by atoms with Gasteiger partial charge in [0.15, 0.2) is 0 Å². The minimum Gasteiger partial charge on any atom is -0.618 e. The molecule has 2 aromatic heterocycles. The fraction of sp³-hybridized carbons (Fsp3) is 0. The number of rotatable bonds is 0. The van der Waals surface area contributed by atoms with Crippen molar-refractivity contribution in [3.63, 3.8) is 0 Å². The van der Waals surface area contributed by atoms with Crippen LogP contribution in [0.1, 0.15) is 0 Å². The lowest BCUT2D eigenvalue weighted by molar-refractivity contribution is -0.547. The molecule has 0 radical (unpaired) electrons. The summed E-state index contributed by atoms with van der Waals surface area (Å²) in [5.74, 6) is 0. The number of pyridine rings is 1. The third-order valence-electron chi connectivity index (χ3n) is 3.39. The third kappa shape index (κ3) is 1.49. The third-order valence-corrected chi connectivity index (χ3v) is 4.25. The number of benzene rings is 2. The van der Waals surface area contributed by atoms with Crippen molar-refractivity contribution in [1.29, 1.82) is 0 Å². The van der Waals surface area contributed by atoms with Gasteiger partial charge in [0.1, 0.15) is 10.6 Å². The Labute approximate surface area is 127 Å². The SMILES string of the molecule is [O-][n+]1c2ccc(Br)cc2c(Cl)c2oc3ccccc3c21. The van der Waals surface area contributed by atoms with Crippen molar-refractivity contribution in [2.75, 3.05) is 0 Å². The van der Waals surface area contributed by atoms with Crippen LogP contribution in [0.2, 0.25) is 5.02 Å². The van der Waals surface area contributed by atoms with Gasteiger partial charge >= 0.3 is 0 Å². The standard InChI is InChI=1S/C15H7BrClNO2/c16-8-5-6-11-10(7-8)13(17)15-14(18(11)19)9-3-1-2-4-12(9)20-15/h1-7H.